The molecule has 2 aliphatic carbocycles. The van der Waals surface area contributed by atoms with Crippen LogP contribution in [0.1, 0.15) is 97.6 Å². The fraction of sp³-hybridized carbons (Fsp3) is 0.576. The second-order valence-corrected chi connectivity index (χ2v) is 14.1. The standard InChI is InChI=1S/C33H47ClFN5O2S/c1-5-17-39(18-9-10-24(7-3)20-26-11-12-26)28-21-25(8-4)13-14-27(22-28)31-23-40(38-36-31)33-29(35)15-16-30(32(33)34)37-43(41,42)19-6-2/h14-16,21-24,26,37H,5-13,17-20H2,1-4H3. The van der Waals surface area contributed by atoms with E-state index in [9.17, 15) is 8.42 Å². The van der Waals surface area contributed by atoms with Crippen LogP contribution in [0.5, 0.6) is 0 Å². The van der Waals surface area contributed by atoms with E-state index in [0.717, 1.165) is 49.8 Å². The number of allylic oxidation sites excluding steroid dienone is 5. The fourth-order valence-corrected chi connectivity index (χ4v) is 7.21. The molecule has 0 spiro atoms. The molecule has 1 heterocycles. The molecule has 2 aliphatic rings. The predicted molar refractivity (Wildman–Crippen MR) is 175 cm³/mol. The van der Waals surface area contributed by atoms with Crippen LogP contribution in [0.3, 0.4) is 0 Å². The quantitative estimate of drug-likeness (QED) is 0.189. The van der Waals surface area contributed by atoms with Crippen molar-refractivity contribution in [3.8, 4) is 5.69 Å². The van der Waals surface area contributed by atoms with Crippen LogP contribution in [0, 0.1) is 17.7 Å². The van der Waals surface area contributed by atoms with E-state index in [1.165, 1.54) is 66.6 Å². The normalized spacial score (nSPS) is 16.3. The highest BCUT2D eigenvalue weighted by atomic mass is 35.5. The van der Waals surface area contributed by atoms with Crippen molar-refractivity contribution >= 4 is 32.9 Å². The van der Waals surface area contributed by atoms with Gasteiger partial charge >= 0.3 is 0 Å². The van der Waals surface area contributed by atoms with Crippen molar-refractivity contribution < 1.29 is 12.8 Å². The Bertz CT molecular complexity index is 1450. The zero-order valence-electron chi connectivity index (χ0n) is 26.1. The van der Waals surface area contributed by atoms with E-state index in [4.69, 9.17) is 11.6 Å². The number of nitrogens with one attached hydrogen (secondary N) is 1. The summed E-state index contributed by atoms with van der Waals surface area (Å²) in [6.07, 6.45) is 19.4. The van der Waals surface area contributed by atoms with Gasteiger partial charge in [0.2, 0.25) is 10.0 Å². The molecule has 1 aromatic heterocycles. The summed E-state index contributed by atoms with van der Waals surface area (Å²) in [5.41, 5.74) is 4.09. The number of aromatic nitrogens is 3. The first-order valence-corrected chi connectivity index (χ1v) is 18.0. The minimum Gasteiger partial charge on any atom is -0.372 e. The van der Waals surface area contributed by atoms with E-state index < -0.39 is 15.8 Å². The third kappa shape index (κ3) is 9.17. The van der Waals surface area contributed by atoms with Gasteiger partial charge in [0.1, 0.15) is 11.4 Å². The molecular formula is C33H47ClFN5O2S. The molecule has 1 N–H and O–H groups in total. The van der Waals surface area contributed by atoms with Crippen LogP contribution in [0.4, 0.5) is 10.1 Å². The number of sulfonamides is 1. The van der Waals surface area contributed by atoms with Crippen LogP contribution in [-0.4, -0.2) is 47.2 Å². The average molecular weight is 632 g/mol. The summed E-state index contributed by atoms with van der Waals surface area (Å²) in [4.78, 5) is 2.49. The molecule has 1 saturated carbocycles. The Labute approximate surface area is 262 Å². The van der Waals surface area contributed by atoms with Crippen molar-refractivity contribution in [2.24, 2.45) is 11.8 Å². The SMILES string of the molecule is CCCN(CCCC(CC)CC1CC1)C1=CC(c2cn(-c3c(F)ccc(NS(=O)(=O)CCC)c3Cl)nn2)=CCC(CC)=C1. The lowest BCUT2D eigenvalue weighted by Gasteiger charge is -2.27. The molecule has 4 rings (SSSR count). The van der Waals surface area contributed by atoms with Gasteiger partial charge in [0, 0.05) is 24.4 Å². The van der Waals surface area contributed by atoms with Gasteiger partial charge in [-0.15, -0.1) is 5.10 Å². The Balaban J connectivity index is 1.58. The molecule has 236 valence electrons. The van der Waals surface area contributed by atoms with Crippen molar-refractivity contribution in [1.82, 2.24) is 19.9 Å². The smallest absolute Gasteiger partial charge is 0.232 e. The van der Waals surface area contributed by atoms with Crippen LogP contribution in [0.25, 0.3) is 11.3 Å². The first-order chi connectivity index (χ1) is 20.7. The molecule has 0 amide bonds. The van der Waals surface area contributed by atoms with Gasteiger partial charge in [-0.05, 0) is 81.1 Å². The third-order valence-electron chi connectivity index (χ3n) is 8.36. The van der Waals surface area contributed by atoms with Crippen molar-refractivity contribution in [2.45, 2.75) is 91.9 Å². The lowest BCUT2D eigenvalue weighted by molar-refractivity contribution is 0.317. The Hall–Kier alpha value is -2.65. The Morgan fingerprint density at radius 1 is 1.14 bits per heavy atom. The van der Waals surface area contributed by atoms with E-state index >= 15 is 4.39 Å². The molecule has 1 atom stereocenters. The zero-order valence-corrected chi connectivity index (χ0v) is 27.7. The molecule has 0 saturated heterocycles. The molecule has 1 aromatic carbocycles. The van der Waals surface area contributed by atoms with E-state index in [1.807, 2.05) is 0 Å². The number of hydrogen-bond acceptors (Lipinski definition) is 5. The summed E-state index contributed by atoms with van der Waals surface area (Å²) in [6, 6.07) is 2.51. The summed E-state index contributed by atoms with van der Waals surface area (Å²) >= 11 is 6.53. The first-order valence-electron chi connectivity index (χ1n) is 16.0. The number of benzene rings is 1. The van der Waals surface area contributed by atoms with Gasteiger partial charge in [-0.2, -0.15) is 0 Å². The Morgan fingerprint density at radius 3 is 2.60 bits per heavy atom. The number of nitrogens with zero attached hydrogens (tertiary/aromatic N) is 4. The van der Waals surface area contributed by atoms with Crippen molar-refractivity contribution in [1.29, 1.82) is 0 Å². The second kappa shape index (κ2) is 15.4. The number of halogens is 2. The van der Waals surface area contributed by atoms with Gasteiger partial charge in [-0.3, -0.25) is 4.72 Å². The maximum Gasteiger partial charge on any atom is 0.232 e. The number of hydrogen-bond donors (Lipinski definition) is 1. The summed E-state index contributed by atoms with van der Waals surface area (Å²) in [5.74, 6) is 1.10. The molecule has 0 bridgehead atoms. The third-order valence-corrected chi connectivity index (χ3v) is 10.2. The van der Waals surface area contributed by atoms with Gasteiger partial charge < -0.3 is 4.90 Å². The summed E-state index contributed by atoms with van der Waals surface area (Å²) in [7, 11) is -3.61. The lowest BCUT2D eigenvalue weighted by Crippen LogP contribution is -2.25. The average Bonchev–Trinajstić information content (AvgIpc) is 3.72. The van der Waals surface area contributed by atoms with Gasteiger partial charge in [0.15, 0.2) is 5.82 Å². The number of anilines is 1. The second-order valence-electron chi connectivity index (χ2n) is 11.9. The summed E-state index contributed by atoms with van der Waals surface area (Å²) < 4.78 is 43.5. The van der Waals surface area contributed by atoms with Gasteiger partial charge in [-0.25, -0.2) is 17.5 Å². The van der Waals surface area contributed by atoms with Gasteiger partial charge in [0.25, 0.3) is 0 Å². The summed E-state index contributed by atoms with van der Waals surface area (Å²) in [6.45, 7) is 10.5. The molecule has 7 nitrogen and oxygen atoms in total. The highest BCUT2D eigenvalue weighted by Crippen LogP contribution is 2.38. The minimum atomic E-state index is -3.61. The molecule has 10 heteroatoms. The molecule has 0 radical (unpaired) electrons. The van der Waals surface area contributed by atoms with E-state index in [2.05, 4.69) is 58.9 Å². The summed E-state index contributed by atoms with van der Waals surface area (Å²) in [5, 5.41) is 8.52. The minimum absolute atomic E-state index is 0.0489. The topological polar surface area (TPSA) is 80.1 Å². The highest BCUT2D eigenvalue weighted by Gasteiger charge is 2.25. The predicted octanol–water partition coefficient (Wildman–Crippen LogP) is 8.54. The molecule has 2 aromatic rings. The van der Waals surface area contributed by atoms with Gasteiger partial charge in [-0.1, -0.05) is 75.4 Å². The molecule has 43 heavy (non-hydrogen) atoms. The molecule has 1 fully saturated rings. The molecule has 1 unspecified atom stereocenters. The maximum absolute atomic E-state index is 15.0. The van der Waals surface area contributed by atoms with E-state index in [-0.39, 0.29) is 22.2 Å². The Morgan fingerprint density at radius 2 is 1.93 bits per heavy atom. The first kappa shape index (κ1) is 33.2. The lowest BCUT2D eigenvalue weighted by atomic mass is 9.94. The Kier molecular flexibility index (Phi) is 11.9. The van der Waals surface area contributed by atoms with Crippen molar-refractivity contribution in [2.75, 3.05) is 23.6 Å². The molecule has 0 aliphatic heterocycles. The monoisotopic (exact) mass is 631 g/mol. The van der Waals surface area contributed by atoms with Gasteiger partial charge in [0.05, 0.1) is 22.7 Å². The van der Waals surface area contributed by atoms with Crippen LogP contribution >= 0.6 is 11.6 Å². The van der Waals surface area contributed by atoms with Crippen LogP contribution < -0.4 is 4.72 Å². The van der Waals surface area contributed by atoms with Crippen LogP contribution in [0.2, 0.25) is 5.02 Å². The maximum atomic E-state index is 15.0. The van der Waals surface area contributed by atoms with Crippen LogP contribution in [0.15, 0.2) is 47.8 Å². The molecular weight excluding hydrogens is 585 g/mol. The zero-order chi connectivity index (χ0) is 31.0. The highest BCUT2D eigenvalue weighted by molar-refractivity contribution is 7.92. The van der Waals surface area contributed by atoms with E-state index in [0.29, 0.717) is 12.1 Å². The van der Waals surface area contributed by atoms with Crippen molar-refractivity contribution in [3.63, 3.8) is 0 Å². The largest absolute Gasteiger partial charge is 0.372 e. The van der Waals surface area contributed by atoms with Crippen molar-refractivity contribution in [3.05, 3.63) is 64.4 Å². The fourth-order valence-electron chi connectivity index (χ4n) is 5.72. The van der Waals surface area contributed by atoms with E-state index in [1.54, 1.807) is 13.1 Å². The van der Waals surface area contributed by atoms with Crippen LogP contribution in [-0.2, 0) is 10.0 Å². The number of rotatable bonds is 17.